The normalized spacial score (nSPS) is 13.2. The molecular formula is C26H25F5N4O3. The number of amidine groups is 1. The highest BCUT2D eigenvalue weighted by atomic mass is 19.4. The molecule has 7 nitrogen and oxygen atoms in total. The molecule has 3 rings (SSSR count). The van der Waals surface area contributed by atoms with Gasteiger partial charge >= 0.3 is 6.18 Å². The van der Waals surface area contributed by atoms with Crippen molar-refractivity contribution >= 4 is 17.4 Å². The largest absolute Gasteiger partial charge is 0.486 e. The highest BCUT2D eigenvalue weighted by molar-refractivity contribution is 6.02. The quantitative estimate of drug-likeness (QED) is 0.200. The summed E-state index contributed by atoms with van der Waals surface area (Å²) in [6.45, 7) is 0.313. The second-order valence-corrected chi connectivity index (χ2v) is 8.18. The van der Waals surface area contributed by atoms with E-state index in [2.05, 4.69) is 15.3 Å². The third kappa shape index (κ3) is 7.48. The van der Waals surface area contributed by atoms with Crippen LogP contribution in [-0.2, 0) is 16.8 Å². The first kappa shape index (κ1) is 28.5. The number of aliphatic imine (C=N–C) groups is 1. The predicted octanol–water partition coefficient (Wildman–Crippen LogP) is 5.59. The monoisotopic (exact) mass is 536 g/mol. The molecule has 0 spiro atoms. The van der Waals surface area contributed by atoms with E-state index in [-0.39, 0.29) is 29.6 Å². The molecule has 12 heteroatoms. The molecule has 0 fully saturated rings. The summed E-state index contributed by atoms with van der Waals surface area (Å²) >= 11 is 0. The van der Waals surface area contributed by atoms with Crippen LogP contribution in [0.3, 0.4) is 0 Å². The van der Waals surface area contributed by atoms with Gasteiger partial charge in [-0.1, -0.05) is 30.3 Å². The molecule has 1 aromatic heterocycles. The average Bonchev–Trinajstić information content (AvgIpc) is 2.89. The van der Waals surface area contributed by atoms with E-state index in [9.17, 15) is 18.0 Å². The number of carbonyl (C=O) groups excluding carboxylic acids is 1. The fourth-order valence-corrected chi connectivity index (χ4v) is 3.30. The second-order valence-electron chi connectivity index (χ2n) is 8.18. The van der Waals surface area contributed by atoms with Crippen molar-refractivity contribution in [2.45, 2.75) is 25.1 Å². The van der Waals surface area contributed by atoms with Crippen molar-refractivity contribution in [2.24, 2.45) is 10.7 Å². The van der Waals surface area contributed by atoms with Crippen molar-refractivity contribution in [2.75, 3.05) is 25.6 Å². The second kappa shape index (κ2) is 12.0. The maximum absolute atomic E-state index is 15.3. The number of ether oxygens (including phenoxy) is 2. The molecule has 0 saturated heterocycles. The van der Waals surface area contributed by atoms with E-state index in [4.69, 9.17) is 15.2 Å². The number of halogens is 5. The number of aromatic nitrogens is 1. The molecule has 202 valence electrons. The van der Waals surface area contributed by atoms with Crippen molar-refractivity contribution in [1.29, 1.82) is 0 Å². The van der Waals surface area contributed by atoms with Crippen LogP contribution in [0.25, 0.3) is 0 Å². The van der Waals surface area contributed by atoms with Gasteiger partial charge in [0.05, 0.1) is 11.1 Å². The number of nitrogens with two attached hydrogens (primary N) is 1. The molecule has 1 amide bonds. The molecule has 0 aliphatic carbocycles. The Balaban J connectivity index is 1.87. The Morgan fingerprint density at radius 2 is 1.79 bits per heavy atom. The Morgan fingerprint density at radius 3 is 2.39 bits per heavy atom. The van der Waals surface area contributed by atoms with Crippen LogP contribution in [0, 0.1) is 0 Å². The van der Waals surface area contributed by atoms with Crippen molar-refractivity contribution in [3.8, 4) is 5.75 Å². The van der Waals surface area contributed by atoms with E-state index in [0.29, 0.717) is 12.3 Å². The van der Waals surface area contributed by atoms with Gasteiger partial charge in [0.2, 0.25) is 0 Å². The molecule has 0 aliphatic rings. The number of anilines is 1. The van der Waals surface area contributed by atoms with Crippen LogP contribution in [0.5, 0.6) is 5.75 Å². The highest BCUT2D eigenvalue weighted by Crippen LogP contribution is 2.39. The minimum atomic E-state index is -4.62. The predicted molar refractivity (Wildman–Crippen MR) is 131 cm³/mol. The van der Waals surface area contributed by atoms with E-state index in [1.165, 1.54) is 19.2 Å². The first-order valence-electron chi connectivity index (χ1n) is 11.3. The van der Waals surface area contributed by atoms with Crippen molar-refractivity contribution in [3.63, 3.8) is 0 Å². The minimum Gasteiger partial charge on any atom is -0.486 e. The lowest BCUT2D eigenvalue weighted by Crippen LogP contribution is -2.27. The van der Waals surface area contributed by atoms with Crippen molar-refractivity contribution in [1.82, 2.24) is 4.98 Å². The Labute approximate surface area is 215 Å². The number of hydrogen-bond acceptors (Lipinski definition) is 5. The number of hydrogen-bond donors (Lipinski definition) is 2. The SMILES string of the molecule is CN=C(N)COCC(F)(F)c1cc(NC(=O)c2ccc(C(F)(F)F)cn2)ccc1OC(C)c1ccccc1. The lowest BCUT2D eigenvalue weighted by Gasteiger charge is -2.23. The zero-order valence-corrected chi connectivity index (χ0v) is 20.4. The van der Waals surface area contributed by atoms with Gasteiger partial charge in [0.25, 0.3) is 11.8 Å². The number of alkyl halides is 5. The molecule has 0 aliphatic heterocycles. The minimum absolute atomic E-state index is 0.0278. The lowest BCUT2D eigenvalue weighted by molar-refractivity contribution is -0.137. The van der Waals surface area contributed by atoms with Gasteiger partial charge in [0.15, 0.2) is 0 Å². The number of pyridine rings is 1. The lowest BCUT2D eigenvalue weighted by atomic mass is 10.1. The van der Waals surface area contributed by atoms with Crippen molar-refractivity contribution < 1.29 is 36.2 Å². The van der Waals surface area contributed by atoms with Crippen molar-refractivity contribution in [3.05, 3.63) is 89.2 Å². The molecule has 38 heavy (non-hydrogen) atoms. The van der Waals surface area contributed by atoms with Gasteiger partial charge in [-0.2, -0.15) is 22.0 Å². The highest BCUT2D eigenvalue weighted by Gasteiger charge is 2.36. The first-order chi connectivity index (χ1) is 17.9. The van der Waals surface area contributed by atoms with Gasteiger partial charge in [0, 0.05) is 18.9 Å². The fraction of sp³-hybridized carbons (Fsp3) is 0.269. The summed E-state index contributed by atoms with van der Waals surface area (Å²) in [6, 6.07) is 14.1. The summed E-state index contributed by atoms with van der Waals surface area (Å²) in [5.41, 5.74) is 4.26. The number of nitrogens with zero attached hydrogens (tertiary/aromatic N) is 2. The maximum atomic E-state index is 15.3. The van der Waals surface area contributed by atoms with Gasteiger partial charge < -0.3 is 20.5 Å². The van der Waals surface area contributed by atoms with Crippen LogP contribution in [0.4, 0.5) is 27.6 Å². The zero-order chi connectivity index (χ0) is 27.9. The molecule has 1 heterocycles. The van der Waals surface area contributed by atoms with Crippen LogP contribution < -0.4 is 15.8 Å². The summed E-state index contributed by atoms with van der Waals surface area (Å²) < 4.78 is 79.8. The fourth-order valence-electron chi connectivity index (χ4n) is 3.30. The van der Waals surface area contributed by atoms with Crippen LogP contribution in [0.15, 0.2) is 71.9 Å². The van der Waals surface area contributed by atoms with E-state index < -0.39 is 41.8 Å². The zero-order valence-electron chi connectivity index (χ0n) is 20.4. The standard InChI is InChI=1S/C26H25F5N4O3/c1-16(17-6-4-3-5-7-17)38-22-11-9-19(12-20(22)25(27,28)15-37-14-23(32)33-2)35-24(36)21-10-8-18(13-34-21)26(29,30)31/h3-13,16H,14-15H2,1-2H3,(H2,32,33)(H,35,36). The van der Waals surface area contributed by atoms with E-state index in [0.717, 1.165) is 17.7 Å². The number of nitrogens with one attached hydrogen (secondary N) is 1. The molecule has 0 saturated carbocycles. The summed E-state index contributed by atoms with van der Waals surface area (Å²) in [6.07, 6.45) is -4.70. The Morgan fingerprint density at radius 1 is 1.08 bits per heavy atom. The number of amides is 1. The summed E-state index contributed by atoms with van der Waals surface area (Å²) in [5.74, 6) is -4.59. The van der Waals surface area contributed by atoms with E-state index in [1.807, 2.05) is 0 Å². The van der Waals surface area contributed by atoms with Crippen LogP contribution >= 0.6 is 0 Å². The topological polar surface area (TPSA) is 98.8 Å². The number of rotatable bonds is 10. The third-order valence-electron chi connectivity index (χ3n) is 5.35. The Kier molecular flexibility index (Phi) is 9.00. The smallest absolute Gasteiger partial charge is 0.417 e. The molecule has 0 radical (unpaired) electrons. The van der Waals surface area contributed by atoms with Gasteiger partial charge in [-0.3, -0.25) is 14.8 Å². The van der Waals surface area contributed by atoms with E-state index in [1.54, 1.807) is 37.3 Å². The van der Waals surface area contributed by atoms with E-state index >= 15 is 8.78 Å². The van der Waals surface area contributed by atoms with Gasteiger partial charge in [-0.25, -0.2) is 0 Å². The molecule has 0 bridgehead atoms. The summed E-state index contributed by atoms with van der Waals surface area (Å²) in [4.78, 5) is 19.7. The molecule has 3 aromatic rings. The third-order valence-corrected chi connectivity index (χ3v) is 5.35. The molecule has 1 atom stereocenters. The maximum Gasteiger partial charge on any atom is 0.417 e. The first-order valence-corrected chi connectivity index (χ1v) is 11.3. The molecular weight excluding hydrogens is 511 g/mol. The van der Waals surface area contributed by atoms with Gasteiger partial charge in [0.1, 0.15) is 36.6 Å². The number of carbonyl (C=O) groups is 1. The van der Waals surface area contributed by atoms with Gasteiger partial charge in [-0.05, 0) is 42.8 Å². The molecule has 3 N–H and O–H groups in total. The summed E-state index contributed by atoms with van der Waals surface area (Å²) in [5, 5.41) is 2.37. The average molecular weight is 537 g/mol. The number of benzene rings is 2. The Bertz CT molecular complexity index is 1270. The van der Waals surface area contributed by atoms with Crippen LogP contribution in [0.1, 0.15) is 40.2 Å². The molecule has 1 unspecified atom stereocenters. The van der Waals surface area contributed by atoms with Crippen LogP contribution in [0.2, 0.25) is 0 Å². The Hall–Kier alpha value is -4.06. The summed E-state index contributed by atoms with van der Waals surface area (Å²) in [7, 11) is 1.39. The van der Waals surface area contributed by atoms with Crippen LogP contribution in [-0.4, -0.2) is 37.0 Å². The van der Waals surface area contributed by atoms with Gasteiger partial charge in [-0.15, -0.1) is 0 Å². The molecule has 2 aromatic carbocycles.